The number of anilines is 2. The summed E-state index contributed by atoms with van der Waals surface area (Å²) in [5, 5.41) is 9.16. The Labute approximate surface area is 231 Å². The SMILES string of the molecule is Cc1cccc(NC2=Nc3ccccc3N3C2=Nc2c(c(C)nn2-c2ccccn2)C3c2ccc(Cl)cc2)c1. The Bertz CT molecular complexity index is 1770. The third kappa shape index (κ3) is 3.99. The van der Waals surface area contributed by atoms with Gasteiger partial charge in [-0.3, -0.25) is 0 Å². The van der Waals surface area contributed by atoms with E-state index in [9.17, 15) is 0 Å². The maximum atomic E-state index is 6.32. The molecule has 2 aliphatic rings. The van der Waals surface area contributed by atoms with Gasteiger partial charge in [-0.25, -0.2) is 15.0 Å². The summed E-state index contributed by atoms with van der Waals surface area (Å²) in [4.78, 5) is 17.1. The number of hydrogen-bond donors (Lipinski definition) is 1. The molecule has 39 heavy (non-hydrogen) atoms. The van der Waals surface area contributed by atoms with Gasteiger partial charge in [-0.15, -0.1) is 0 Å². The number of fused-ring (bicyclic) bond motifs is 4. The molecule has 190 valence electrons. The van der Waals surface area contributed by atoms with Crippen LogP contribution in [0.15, 0.2) is 107 Å². The molecule has 5 aromatic rings. The lowest BCUT2D eigenvalue weighted by atomic mass is 9.93. The number of amidine groups is 2. The second-order valence-electron chi connectivity index (χ2n) is 9.63. The zero-order chi connectivity index (χ0) is 26.5. The molecule has 1 unspecified atom stereocenters. The highest BCUT2D eigenvalue weighted by atomic mass is 35.5. The van der Waals surface area contributed by atoms with E-state index in [4.69, 9.17) is 26.7 Å². The Morgan fingerprint density at radius 2 is 1.67 bits per heavy atom. The van der Waals surface area contributed by atoms with Crippen molar-refractivity contribution in [2.45, 2.75) is 19.9 Å². The van der Waals surface area contributed by atoms with Crippen molar-refractivity contribution in [2.75, 3.05) is 10.2 Å². The van der Waals surface area contributed by atoms with Crippen LogP contribution < -0.4 is 10.2 Å². The average molecular weight is 530 g/mol. The highest BCUT2D eigenvalue weighted by Crippen LogP contribution is 2.48. The van der Waals surface area contributed by atoms with Gasteiger partial charge < -0.3 is 10.2 Å². The van der Waals surface area contributed by atoms with Crippen LogP contribution in [-0.2, 0) is 0 Å². The lowest BCUT2D eigenvalue weighted by Gasteiger charge is -2.40. The molecule has 2 aromatic heterocycles. The Hall–Kier alpha value is -4.75. The number of hydrogen-bond acceptors (Lipinski definition) is 6. The van der Waals surface area contributed by atoms with Gasteiger partial charge in [0.2, 0.25) is 0 Å². The van der Waals surface area contributed by atoms with E-state index in [1.807, 2.05) is 72.3 Å². The lowest BCUT2D eigenvalue weighted by Crippen LogP contribution is -2.46. The Kier molecular flexibility index (Phi) is 5.52. The van der Waals surface area contributed by atoms with Gasteiger partial charge in [0.25, 0.3) is 0 Å². The van der Waals surface area contributed by atoms with Crippen LogP contribution in [0, 0.1) is 13.8 Å². The molecule has 4 heterocycles. The molecule has 0 aliphatic carbocycles. The second kappa shape index (κ2) is 9.22. The molecule has 0 fully saturated rings. The molecule has 1 atom stereocenters. The van der Waals surface area contributed by atoms with Crippen molar-refractivity contribution in [3.63, 3.8) is 0 Å². The monoisotopic (exact) mass is 529 g/mol. The summed E-state index contributed by atoms with van der Waals surface area (Å²) in [6.07, 6.45) is 1.76. The minimum absolute atomic E-state index is 0.215. The summed E-state index contributed by atoms with van der Waals surface area (Å²) in [6.45, 7) is 4.10. The highest BCUT2D eigenvalue weighted by molar-refractivity contribution is 6.51. The van der Waals surface area contributed by atoms with E-state index in [1.54, 1.807) is 6.20 Å². The Morgan fingerprint density at radius 1 is 0.846 bits per heavy atom. The van der Waals surface area contributed by atoms with Crippen molar-refractivity contribution in [3.8, 4) is 5.82 Å². The molecule has 0 saturated carbocycles. The van der Waals surface area contributed by atoms with E-state index in [1.165, 1.54) is 0 Å². The second-order valence-corrected chi connectivity index (χ2v) is 10.1. The van der Waals surface area contributed by atoms with Gasteiger partial charge in [0.1, 0.15) is 0 Å². The molecule has 0 saturated heterocycles. The number of nitrogens with zero attached hydrogens (tertiary/aromatic N) is 6. The van der Waals surface area contributed by atoms with E-state index >= 15 is 0 Å². The van der Waals surface area contributed by atoms with E-state index < -0.39 is 0 Å². The largest absolute Gasteiger partial charge is 0.337 e. The van der Waals surface area contributed by atoms with Gasteiger partial charge >= 0.3 is 0 Å². The zero-order valence-electron chi connectivity index (χ0n) is 21.4. The molecule has 8 heteroatoms. The van der Waals surface area contributed by atoms with Crippen molar-refractivity contribution in [1.82, 2.24) is 14.8 Å². The Balaban J connectivity index is 1.50. The third-order valence-corrected chi connectivity index (χ3v) is 7.22. The van der Waals surface area contributed by atoms with Crippen molar-refractivity contribution in [3.05, 3.63) is 125 Å². The molecule has 0 amide bonds. The average Bonchev–Trinajstić information content (AvgIpc) is 3.29. The number of aromatic nitrogens is 3. The molecule has 7 rings (SSSR count). The summed E-state index contributed by atoms with van der Waals surface area (Å²) >= 11 is 6.32. The molecule has 0 bridgehead atoms. The number of halogens is 1. The fourth-order valence-corrected chi connectivity index (χ4v) is 5.38. The van der Waals surface area contributed by atoms with Crippen LogP contribution in [-0.4, -0.2) is 26.4 Å². The van der Waals surface area contributed by atoms with Gasteiger partial charge in [0.15, 0.2) is 23.3 Å². The van der Waals surface area contributed by atoms with Gasteiger partial charge in [-0.2, -0.15) is 9.78 Å². The van der Waals surface area contributed by atoms with Crippen molar-refractivity contribution in [2.24, 2.45) is 9.98 Å². The quantitative estimate of drug-likeness (QED) is 0.265. The number of pyridine rings is 1. The summed E-state index contributed by atoms with van der Waals surface area (Å²) in [5.74, 6) is 2.81. The van der Waals surface area contributed by atoms with Gasteiger partial charge in [-0.1, -0.05) is 54.1 Å². The fraction of sp³-hybridized carbons (Fsp3) is 0.0968. The number of aryl methyl sites for hydroxylation is 2. The van der Waals surface area contributed by atoms with Gasteiger partial charge in [0.05, 0.1) is 23.1 Å². The van der Waals surface area contributed by atoms with Crippen molar-refractivity contribution >= 4 is 46.2 Å². The smallest absolute Gasteiger partial charge is 0.179 e. The molecular weight excluding hydrogens is 506 g/mol. The van der Waals surface area contributed by atoms with Crippen molar-refractivity contribution < 1.29 is 0 Å². The first-order valence-electron chi connectivity index (χ1n) is 12.7. The first kappa shape index (κ1) is 23.4. The third-order valence-electron chi connectivity index (χ3n) is 6.97. The normalized spacial score (nSPS) is 15.6. The van der Waals surface area contributed by atoms with Crippen molar-refractivity contribution in [1.29, 1.82) is 0 Å². The van der Waals surface area contributed by atoms with E-state index in [0.717, 1.165) is 45.3 Å². The summed E-state index contributed by atoms with van der Waals surface area (Å²) in [6, 6.07) is 30.0. The summed E-state index contributed by atoms with van der Waals surface area (Å²) in [7, 11) is 0. The minimum Gasteiger partial charge on any atom is -0.337 e. The predicted molar refractivity (Wildman–Crippen MR) is 157 cm³/mol. The van der Waals surface area contributed by atoms with Crippen LogP contribution in [0.5, 0.6) is 0 Å². The van der Waals surface area contributed by atoms with E-state index in [2.05, 4.69) is 52.5 Å². The number of nitrogens with one attached hydrogen (secondary N) is 1. The van der Waals surface area contributed by atoms with Crippen LogP contribution >= 0.6 is 11.6 Å². The minimum atomic E-state index is -0.215. The van der Waals surface area contributed by atoms with Crippen LogP contribution in [0.25, 0.3) is 5.82 Å². The van der Waals surface area contributed by atoms with Crippen LogP contribution in [0.1, 0.15) is 28.4 Å². The van der Waals surface area contributed by atoms with Crippen LogP contribution in [0.4, 0.5) is 22.9 Å². The Morgan fingerprint density at radius 3 is 2.46 bits per heavy atom. The first-order chi connectivity index (χ1) is 19.1. The summed E-state index contributed by atoms with van der Waals surface area (Å²) in [5.41, 5.74) is 6.90. The first-order valence-corrected chi connectivity index (χ1v) is 13.1. The number of benzene rings is 3. The molecule has 0 radical (unpaired) electrons. The molecular formula is C31H24ClN7. The summed E-state index contributed by atoms with van der Waals surface area (Å²) < 4.78 is 1.82. The number of rotatable bonds is 3. The maximum Gasteiger partial charge on any atom is 0.179 e. The van der Waals surface area contributed by atoms with Crippen LogP contribution in [0.3, 0.4) is 0 Å². The molecule has 7 nitrogen and oxygen atoms in total. The van der Waals surface area contributed by atoms with Crippen LogP contribution in [0.2, 0.25) is 5.02 Å². The van der Waals surface area contributed by atoms with Gasteiger partial charge in [-0.05, 0) is 73.5 Å². The maximum absolute atomic E-state index is 6.32. The molecule has 3 aromatic carbocycles. The molecule has 0 spiro atoms. The number of para-hydroxylation sites is 2. The lowest BCUT2D eigenvalue weighted by molar-refractivity contribution is 0.810. The standard InChI is InChI=1S/C31H24ClN7/c1-19-8-7-9-23(18-19)34-29-31-36-30-27(20(2)37-39(30)26-12-5-6-17-33-26)28(21-13-15-22(32)16-14-21)38(31)25-11-4-3-10-24(25)35-29/h3-18,28H,1-2H3,(H,34,35). The van der Waals surface area contributed by atoms with Gasteiger partial charge in [0, 0.05) is 22.5 Å². The predicted octanol–water partition coefficient (Wildman–Crippen LogP) is 7.33. The van der Waals surface area contributed by atoms with E-state index in [0.29, 0.717) is 22.5 Å². The topological polar surface area (TPSA) is 70.7 Å². The fourth-order valence-electron chi connectivity index (χ4n) is 5.26. The molecule has 1 N–H and O–H groups in total. The molecule has 2 aliphatic heterocycles. The number of aliphatic imine (C=N–C) groups is 2. The van der Waals surface area contributed by atoms with E-state index in [-0.39, 0.29) is 6.04 Å². The zero-order valence-corrected chi connectivity index (χ0v) is 22.1. The highest BCUT2D eigenvalue weighted by Gasteiger charge is 2.41.